The van der Waals surface area contributed by atoms with Gasteiger partial charge in [0.15, 0.2) is 41.7 Å². The second-order valence-corrected chi connectivity index (χ2v) is 39.4. The van der Waals surface area contributed by atoms with Crippen molar-refractivity contribution in [2.75, 3.05) is 81.5 Å². The van der Waals surface area contributed by atoms with Crippen molar-refractivity contribution < 1.29 is 42.6 Å². The number of rotatable bonds is 75. The minimum Gasteiger partial charge on any atom is -0.382 e. The maximum atomic E-state index is 14.0. The molecule has 0 amide bonds. The van der Waals surface area contributed by atoms with Crippen LogP contribution in [-0.2, 0) is 47.5 Å². The van der Waals surface area contributed by atoms with Crippen LogP contribution in [0.2, 0.25) is 0 Å². The number of nitrogens with zero attached hydrogens (tertiary/aromatic N) is 12. The van der Waals surface area contributed by atoms with Crippen molar-refractivity contribution in [2.24, 2.45) is 5.73 Å². The third kappa shape index (κ3) is 60.7. The molecule has 0 aliphatic rings. The first kappa shape index (κ1) is 113. The molecule has 26 nitrogen and oxygen atoms in total. The summed E-state index contributed by atoms with van der Waals surface area (Å²) in [7, 11) is -10.00. The maximum absolute atomic E-state index is 14.0. The molecule has 0 saturated heterocycles. The van der Waals surface area contributed by atoms with Crippen LogP contribution in [0.15, 0.2) is 135 Å². The Morgan fingerprint density at radius 2 is 0.608 bits per heavy atom. The molecule has 2 atom stereocenters. The fourth-order valence-corrected chi connectivity index (χ4v) is 17.5. The molecule has 29 heteroatoms. The van der Waals surface area contributed by atoms with Crippen LogP contribution < -0.4 is 28.0 Å². The van der Waals surface area contributed by atoms with Gasteiger partial charge in [-0.1, -0.05) is 292 Å². The predicted octanol–water partition coefficient (Wildman–Crippen LogP) is 24.7. The van der Waals surface area contributed by atoms with Crippen molar-refractivity contribution in [3.63, 3.8) is 0 Å². The highest BCUT2D eigenvalue weighted by atomic mass is 31.2. The van der Waals surface area contributed by atoms with Gasteiger partial charge in [0.1, 0.15) is 54.6 Å². The minimum absolute atomic E-state index is 0.112. The van der Waals surface area contributed by atoms with Crippen LogP contribution in [0.1, 0.15) is 336 Å². The summed E-state index contributed by atoms with van der Waals surface area (Å²) < 4.78 is 58.7. The Bertz CT molecular complexity index is 4000. The number of aromatic nitrogens is 12. The molecule has 0 aliphatic heterocycles. The van der Waals surface area contributed by atoms with E-state index in [0.717, 1.165) is 83.7 Å². The summed E-state index contributed by atoms with van der Waals surface area (Å²) in [5.74, 6) is 1.000. The Morgan fingerprint density at radius 1 is 0.328 bits per heavy atom. The van der Waals surface area contributed by atoms with E-state index in [4.69, 9.17) is 46.9 Å². The standard InChI is InChI=1S/C44H77N6O2P.C26H44N5O3P.C18H35N.C8H12N5O4P/c1-3-5-7-9-11-13-15-17-19-21-23-25-27-29-31-33-35-49-53(51,41-52-37-36-50-40-48-42-43(45)46-39-47-44(42)50)38-34-32-30-28-26-24-22-20-18-16-14-12-10-8-6-4-2;1-2-3-4-5-6-7-8-9-10-11-12-13-14-15-16-17-20-35(32,33)23-34-19-18-31-22-30-24-25(27)28-21-29-26(24)31;1-2-3-4-5-6-7-8-9-10-11-12-13-14-15-16-17-18-19;9-7-6-8(11-3-10-7)13(4-12-6)1-2-17-5-18(14,15)16/h10-13,16-19,39-40H,3-9,14-15,20-38,41H2,1-2H3,(H,49,51)(H2,45,46,47);5-6,8-9,21-22H,2-4,7,10-20,23H2,1H3,(H,32,33)(H2,27,28,29);6-7,9-10H,2-5,8,11-19H2,1H3;3-4H,1-2,5H2,(H2,9,10,11)(H2,14,15,16)/b12-10-,13-11-,18-16-,19-17-;6-5-,9-8-;7-6-,10-9-;. The largest absolute Gasteiger partial charge is 0.382 e. The van der Waals surface area contributed by atoms with Gasteiger partial charge < -0.3 is 70.1 Å². The topological polar surface area (TPSA) is 387 Å². The van der Waals surface area contributed by atoms with Gasteiger partial charge in [0.2, 0.25) is 7.37 Å². The molecule has 0 saturated carbocycles. The number of allylic oxidation sites excluding steroid dienone is 16. The lowest BCUT2D eigenvalue weighted by Gasteiger charge is -2.20. The van der Waals surface area contributed by atoms with Gasteiger partial charge in [-0.25, -0.2) is 44.9 Å². The molecule has 0 aliphatic carbocycles. The molecular formula is C96H168N17O9P3. The van der Waals surface area contributed by atoms with Gasteiger partial charge in [-0.2, -0.15) is 0 Å². The highest BCUT2D eigenvalue weighted by Crippen LogP contribution is 2.43. The second-order valence-electron chi connectivity index (χ2n) is 32.6. The SMILES string of the molecule is CCCC/C=C\C/C=C\CCCCCCCCCP(=O)(COCCn1cnc2c(N)ncnc21)NCCCCCCCC/C=C\C/C=C\CCCCC.CCCC/C=C\C/C=C\CCCCCCCCCP(=O)(O)COCCn1cnc2c(N)ncnc21.CCCCC/C=C\C/C=C\CCCCCCCCN.Nc1ncnc2c1ncn2CCOCP(=O)(O)O. The number of nitrogen functional groups attached to an aromatic ring is 3. The van der Waals surface area contributed by atoms with E-state index in [-0.39, 0.29) is 25.1 Å². The molecule has 0 spiro atoms. The zero-order chi connectivity index (χ0) is 90.3. The van der Waals surface area contributed by atoms with E-state index in [2.05, 4.69) is 175 Å². The normalized spacial score (nSPS) is 13.2. The molecule has 706 valence electrons. The highest BCUT2D eigenvalue weighted by Gasteiger charge is 2.23. The van der Waals surface area contributed by atoms with Crippen LogP contribution in [0.5, 0.6) is 0 Å². The molecule has 0 bridgehead atoms. The number of nitrogens with two attached hydrogens (primary N) is 4. The predicted molar refractivity (Wildman–Crippen MR) is 525 cm³/mol. The number of hydrogen-bond acceptors (Lipinski definition) is 19. The van der Waals surface area contributed by atoms with Crippen molar-refractivity contribution in [3.05, 3.63) is 135 Å². The first-order valence-corrected chi connectivity index (χ1v) is 54.0. The molecule has 6 rings (SSSR count). The van der Waals surface area contributed by atoms with E-state index in [1.807, 2.05) is 4.57 Å². The molecule has 0 fully saturated rings. The van der Waals surface area contributed by atoms with Crippen molar-refractivity contribution in [1.29, 1.82) is 0 Å². The van der Waals surface area contributed by atoms with Crippen molar-refractivity contribution in [2.45, 2.75) is 356 Å². The first-order valence-electron chi connectivity index (χ1n) is 48.1. The molecule has 0 radical (unpaired) electrons. The number of anilines is 3. The zero-order valence-electron chi connectivity index (χ0n) is 77.6. The third-order valence-corrected chi connectivity index (χ3v) is 25.7. The van der Waals surface area contributed by atoms with Crippen LogP contribution >= 0.6 is 22.3 Å². The van der Waals surface area contributed by atoms with Gasteiger partial charge in [0.25, 0.3) is 0 Å². The Labute approximate surface area is 753 Å². The maximum Gasteiger partial charge on any atom is 0.350 e. The molecule has 2 unspecified atom stereocenters. The lowest BCUT2D eigenvalue weighted by atomic mass is 10.1. The lowest BCUT2D eigenvalue weighted by molar-refractivity contribution is 0.149. The van der Waals surface area contributed by atoms with Crippen molar-refractivity contribution in [3.8, 4) is 0 Å². The number of ether oxygens (including phenoxy) is 3. The van der Waals surface area contributed by atoms with Crippen LogP contribution in [0, 0.1) is 0 Å². The van der Waals surface area contributed by atoms with E-state index in [1.54, 1.807) is 21.8 Å². The average Bonchev–Trinajstić information content (AvgIpc) is 1.69. The van der Waals surface area contributed by atoms with Crippen molar-refractivity contribution in [1.82, 2.24) is 63.6 Å². The second kappa shape index (κ2) is 77.3. The Morgan fingerprint density at radius 3 is 0.936 bits per heavy atom. The van der Waals surface area contributed by atoms with E-state index in [0.29, 0.717) is 90.3 Å². The summed E-state index contributed by atoms with van der Waals surface area (Å²) in [6.07, 6.45) is 105. The summed E-state index contributed by atoms with van der Waals surface area (Å²) in [6.45, 7) is 12.9. The number of nitrogens with one attached hydrogen (secondary N) is 1. The van der Waals surface area contributed by atoms with Crippen LogP contribution in [0.25, 0.3) is 33.5 Å². The number of fused-ring (bicyclic) bond motifs is 3. The molecule has 12 N–H and O–H groups in total. The molecule has 0 aromatic carbocycles. The van der Waals surface area contributed by atoms with Gasteiger partial charge in [0, 0.05) is 38.5 Å². The smallest absolute Gasteiger partial charge is 0.350 e. The van der Waals surface area contributed by atoms with Gasteiger partial charge in [-0.3, -0.25) is 14.2 Å². The average molecular weight is 1800 g/mol. The molecule has 125 heavy (non-hydrogen) atoms. The van der Waals surface area contributed by atoms with Crippen LogP contribution in [0.4, 0.5) is 17.5 Å². The summed E-state index contributed by atoms with van der Waals surface area (Å²) >= 11 is 0. The number of hydrogen-bond donors (Lipinski definition) is 8. The monoisotopic (exact) mass is 1800 g/mol. The quantitative estimate of drug-likeness (QED) is 0.00998. The summed E-state index contributed by atoms with van der Waals surface area (Å²) in [6, 6.07) is 0. The first-order chi connectivity index (χ1) is 61.0. The van der Waals surface area contributed by atoms with Crippen molar-refractivity contribution >= 4 is 73.2 Å². The number of unbranched alkanes of at least 4 members (excludes halogenated alkanes) is 36. The fourth-order valence-electron chi connectivity index (χ4n) is 13.7. The molecule has 6 aromatic heterocycles. The van der Waals surface area contributed by atoms with Gasteiger partial charge in [0.05, 0.1) is 38.8 Å². The third-order valence-electron chi connectivity index (χ3n) is 21.2. The van der Waals surface area contributed by atoms with Crippen LogP contribution in [0.3, 0.4) is 0 Å². The summed E-state index contributed by atoms with van der Waals surface area (Å²) in [5.41, 5.74) is 26.3. The van der Waals surface area contributed by atoms with Gasteiger partial charge in [-0.05, 0) is 148 Å². The zero-order valence-corrected chi connectivity index (χ0v) is 80.3. The van der Waals surface area contributed by atoms with E-state index in [9.17, 15) is 18.6 Å². The Balaban J connectivity index is 0.000000475. The van der Waals surface area contributed by atoms with Gasteiger partial charge >= 0.3 is 7.60 Å². The highest BCUT2D eigenvalue weighted by molar-refractivity contribution is 7.61. The fraction of sp³-hybridized carbons (Fsp3) is 0.677. The Hall–Kier alpha value is -6.66. The number of imidazole rings is 3. The summed E-state index contributed by atoms with van der Waals surface area (Å²) in [5, 5.41) is 3.48. The van der Waals surface area contributed by atoms with Gasteiger partial charge in [-0.15, -0.1) is 0 Å². The lowest BCUT2D eigenvalue weighted by Crippen LogP contribution is -2.19. The van der Waals surface area contributed by atoms with Crippen LogP contribution in [-0.4, -0.2) is 138 Å². The minimum atomic E-state index is -4.12. The Kier molecular flexibility index (Phi) is 69.6. The van der Waals surface area contributed by atoms with E-state index < -0.39 is 28.6 Å². The summed E-state index contributed by atoms with van der Waals surface area (Å²) in [4.78, 5) is 64.2. The molecule has 6 heterocycles. The van der Waals surface area contributed by atoms with E-state index in [1.165, 1.54) is 263 Å². The molecular weight excluding hydrogens is 1630 g/mol. The van der Waals surface area contributed by atoms with E-state index >= 15 is 0 Å². The molecule has 6 aromatic rings.